The molecule has 76 valence electrons. The first-order valence-electron chi connectivity index (χ1n) is 4.68. The molecule has 0 heterocycles. The standard InChI is InChI=1S/C11H16N2O/c1-8(2)12-9(3)13-10-5-4-6-11(14)7-10/h4-8,14H,1-3H3,(H,12,13). The molecule has 0 atom stereocenters. The molecule has 0 aliphatic heterocycles. The van der Waals surface area contributed by atoms with Crippen LogP contribution in [0.3, 0.4) is 0 Å². The summed E-state index contributed by atoms with van der Waals surface area (Å²) < 4.78 is 0. The Hall–Kier alpha value is -1.51. The third-order valence-corrected chi connectivity index (χ3v) is 1.62. The molecule has 0 aliphatic carbocycles. The summed E-state index contributed by atoms with van der Waals surface area (Å²) in [5, 5.41) is 12.3. The van der Waals surface area contributed by atoms with Crippen LogP contribution in [-0.2, 0) is 0 Å². The number of phenolic OH excluding ortho intramolecular Hbond substituents is 1. The van der Waals surface area contributed by atoms with Crippen LogP contribution in [0.2, 0.25) is 0 Å². The van der Waals surface area contributed by atoms with Gasteiger partial charge in [0, 0.05) is 17.8 Å². The first-order valence-corrected chi connectivity index (χ1v) is 4.68. The van der Waals surface area contributed by atoms with Crippen molar-refractivity contribution in [2.24, 2.45) is 4.99 Å². The zero-order valence-electron chi connectivity index (χ0n) is 8.78. The van der Waals surface area contributed by atoms with Gasteiger partial charge in [0.15, 0.2) is 0 Å². The Morgan fingerprint density at radius 3 is 2.71 bits per heavy atom. The number of nitrogens with one attached hydrogen (secondary N) is 1. The summed E-state index contributed by atoms with van der Waals surface area (Å²) in [4.78, 5) is 4.33. The van der Waals surface area contributed by atoms with Crippen molar-refractivity contribution in [2.75, 3.05) is 5.32 Å². The smallest absolute Gasteiger partial charge is 0.117 e. The van der Waals surface area contributed by atoms with Gasteiger partial charge in [-0.15, -0.1) is 0 Å². The molecule has 0 amide bonds. The second-order valence-corrected chi connectivity index (χ2v) is 3.48. The van der Waals surface area contributed by atoms with Crippen molar-refractivity contribution in [2.45, 2.75) is 26.8 Å². The first-order chi connectivity index (χ1) is 6.58. The van der Waals surface area contributed by atoms with E-state index in [0.717, 1.165) is 11.5 Å². The average Bonchev–Trinajstić information content (AvgIpc) is 2.01. The van der Waals surface area contributed by atoms with Crippen molar-refractivity contribution < 1.29 is 5.11 Å². The zero-order chi connectivity index (χ0) is 10.6. The molecule has 0 saturated heterocycles. The maximum Gasteiger partial charge on any atom is 0.117 e. The Labute approximate surface area is 84.5 Å². The highest BCUT2D eigenvalue weighted by atomic mass is 16.3. The molecule has 3 heteroatoms. The van der Waals surface area contributed by atoms with Gasteiger partial charge in [-0.3, -0.25) is 4.99 Å². The van der Waals surface area contributed by atoms with Gasteiger partial charge in [0.05, 0.1) is 5.84 Å². The van der Waals surface area contributed by atoms with Crippen LogP contribution < -0.4 is 5.32 Å². The molecule has 0 radical (unpaired) electrons. The molecular formula is C11H16N2O. The van der Waals surface area contributed by atoms with Gasteiger partial charge in [0.2, 0.25) is 0 Å². The number of hydrogen-bond donors (Lipinski definition) is 2. The van der Waals surface area contributed by atoms with Crippen molar-refractivity contribution in [3.8, 4) is 5.75 Å². The van der Waals surface area contributed by atoms with Crippen molar-refractivity contribution in [3.63, 3.8) is 0 Å². The fourth-order valence-electron chi connectivity index (χ4n) is 1.21. The lowest BCUT2D eigenvalue weighted by Gasteiger charge is -2.07. The molecule has 0 aromatic heterocycles. The maximum absolute atomic E-state index is 9.23. The molecule has 2 N–H and O–H groups in total. The van der Waals surface area contributed by atoms with Gasteiger partial charge < -0.3 is 10.4 Å². The SMILES string of the molecule is CC(=NC(C)C)Nc1cccc(O)c1. The molecule has 0 spiro atoms. The molecule has 1 aromatic carbocycles. The van der Waals surface area contributed by atoms with E-state index in [1.807, 2.05) is 26.8 Å². The van der Waals surface area contributed by atoms with Crippen molar-refractivity contribution in [3.05, 3.63) is 24.3 Å². The van der Waals surface area contributed by atoms with Crippen LogP contribution in [0.1, 0.15) is 20.8 Å². The summed E-state index contributed by atoms with van der Waals surface area (Å²) in [5.41, 5.74) is 0.854. The summed E-state index contributed by atoms with van der Waals surface area (Å²) in [6, 6.07) is 7.26. The van der Waals surface area contributed by atoms with E-state index < -0.39 is 0 Å². The summed E-state index contributed by atoms with van der Waals surface area (Å²) in [5.74, 6) is 1.11. The molecule has 1 rings (SSSR count). The molecule has 0 aliphatic rings. The number of aromatic hydroxyl groups is 1. The van der Waals surface area contributed by atoms with Gasteiger partial charge in [-0.2, -0.15) is 0 Å². The third-order valence-electron chi connectivity index (χ3n) is 1.62. The highest BCUT2D eigenvalue weighted by molar-refractivity contribution is 5.93. The number of benzene rings is 1. The Balaban J connectivity index is 2.69. The normalized spacial score (nSPS) is 11.9. The molecule has 3 nitrogen and oxygen atoms in total. The van der Waals surface area contributed by atoms with Gasteiger partial charge in [-0.25, -0.2) is 0 Å². The van der Waals surface area contributed by atoms with E-state index in [1.165, 1.54) is 0 Å². The lowest BCUT2D eigenvalue weighted by molar-refractivity contribution is 0.475. The van der Waals surface area contributed by atoms with Gasteiger partial charge >= 0.3 is 0 Å². The van der Waals surface area contributed by atoms with E-state index in [4.69, 9.17) is 0 Å². The fourth-order valence-corrected chi connectivity index (χ4v) is 1.21. The minimum Gasteiger partial charge on any atom is -0.508 e. The number of rotatable bonds is 2. The second kappa shape index (κ2) is 4.65. The predicted molar refractivity (Wildman–Crippen MR) is 60.0 cm³/mol. The van der Waals surface area contributed by atoms with E-state index in [2.05, 4.69) is 10.3 Å². The predicted octanol–water partition coefficient (Wildman–Crippen LogP) is 2.63. The van der Waals surface area contributed by atoms with Crippen LogP contribution >= 0.6 is 0 Å². The Morgan fingerprint density at radius 2 is 2.14 bits per heavy atom. The van der Waals surface area contributed by atoms with Crippen LogP contribution in [0.25, 0.3) is 0 Å². The van der Waals surface area contributed by atoms with E-state index >= 15 is 0 Å². The summed E-state index contributed by atoms with van der Waals surface area (Å²) in [6.45, 7) is 5.95. The van der Waals surface area contributed by atoms with Crippen LogP contribution in [0, 0.1) is 0 Å². The second-order valence-electron chi connectivity index (χ2n) is 3.48. The van der Waals surface area contributed by atoms with E-state index in [1.54, 1.807) is 18.2 Å². The van der Waals surface area contributed by atoms with Crippen LogP contribution in [-0.4, -0.2) is 17.0 Å². The first kappa shape index (κ1) is 10.6. The lowest BCUT2D eigenvalue weighted by Crippen LogP contribution is -2.09. The number of anilines is 1. The quantitative estimate of drug-likeness (QED) is 0.559. The number of aliphatic imine (C=N–C) groups is 1. The van der Waals surface area contributed by atoms with E-state index in [9.17, 15) is 5.11 Å². The lowest BCUT2D eigenvalue weighted by atomic mass is 10.3. The zero-order valence-corrected chi connectivity index (χ0v) is 8.78. The largest absolute Gasteiger partial charge is 0.508 e. The average molecular weight is 192 g/mol. The topological polar surface area (TPSA) is 44.6 Å². The molecule has 0 unspecified atom stereocenters. The van der Waals surface area contributed by atoms with Crippen molar-refractivity contribution >= 4 is 11.5 Å². The number of nitrogens with zero attached hydrogens (tertiary/aromatic N) is 1. The summed E-state index contributed by atoms with van der Waals surface area (Å²) in [7, 11) is 0. The number of phenols is 1. The Morgan fingerprint density at radius 1 is 1.43 bits per heavy atom. The number of amidine groups is 1. The Bertz CT molecular complexity index is 332. The van der Waals surface area contributed by atoms with Gasteiger partial charge in [-0.1, -0.05) is 6.07 Å². The molecular weight excluding hydrogens is 176 g/mol. The molecule has 14 heavy (non-hydrogen) atoms. The molecule has 1 aromatic rings. The summed E-state index contributed by atoms with van der Waals surface area (Å²) >= 11 is 0. The van der Waals surface area contributed by atoms with Crippen LogP contribution in [0.15, 0.2) is 29.3 Å². The van der Waals surface area contributed by atoms with E-state index in [-0.39, 0.29) is 11.8 Å². The molecule has 0 bridgehead atoms. The van der Waals surface area contributed by atoms with Crippen molar-refractivity contribution in [1.82, 2.24) is 0 Å². The molecule has 0 saturated carbocycles. The van der Waals surface area contributed by atoms with Crippen LogP contribution in [0.5, 0.6) is 5.75 Å². The third kappa shape index (κ3) is 3.47. The van der Waals surface area contributed by atoms with Gasteiger partial charge in [0.1, 0.15) is 5.75 Å². The molecule has 0 fully saturated rings. The highest BCUT2D eigenvalue weighted by Crippen LogP contribution is 2.15. The minimum atomic E-state index is 0.257. The minimum absolute atomic E-state index is 0.257. The monoisotopic (exact) mass is 192 g/mol. The summed E-state index contributed by atoms with van der Waals surface area (Å²) in [6.07, 6.45) is 0. The van der Waals surface area contributed by atoms with Gasteiger partial charge in [-0.05, 0) is 32.9 Å². The van der Waals surface area contributed by atoms with Crippen LogP contribution in [0.4, 0.5) is 5.69 Å². The van der Waals surface area contributed by atoms with Gasteiger partial charge in [0.25, 0.3) is 0 Å². The fraction of sp³-hybridized carbons (Fsp3) is 0.364. The van der Waals surface area contributed by atoms with Crippen molar-refractivity contribution in [1.29, 1.82) is 0 Å². The number of hydrogen-bond acceptors (Lipinski definition) is 2. The highest BCUT2D eigenvalue weighted by Gasteiger charge is 1.96. The maximum atomic E-state index is 9.23. The van der Waals surface area contributed by atoms with E-state index in [0.29, 0.717) is 0 Å². The Kier molecular flexibility index (Phi) is 3.51.